The smallest absolute Gasteiger partial charge is 0.415 e. The molecular formula is C19H19ClN6O4. The van der Waals surface area contributed by atoms with E-state index < -0.39 is 12.0 Å². The summed E-state index contributed by atoms with van der Waals surface area (Å²) in [7, 11) is 1.55. The number of hydrogen-bond acceptors (Lipinski definition) is 7. The van der Waals surface area contributed by atoms with E-state index in [0.717, 1.165) is 5.56 Å². The average Bonchev–Trinajstić information content (AvgIpc) is 3.06. The molecule has 11 heteroatoms. The van der Waals surface area contributed by atoms with Crippen molar-refractivity contribution in [1.82, 2.24) is 25.2 Å². The van der Waals surface area contributed by atoms with Gasteiger partial charge in [-0.05, 0) is 37.1 Å². The Kier molecular flexibility index (Phi) is 6.17. The Hall–Kier alpha value is -3.66. The van der Waals surface area contributed by atoms with Crippen molar-refractivity contribution < 1.29 is 19.1 Å². The molecule has 2 heterocycles. The summed E-state index contributed by atoms with van der Waals surface area (Å²) >= 11 is 5.31. The van der Waals surface area contributed by atoms with Crippen molar-refractivity contribution in [2.75, 3.05) is 18.4 Å². The maximum atomic E-state index is 12.3. The predicted octanol–water partition coefficient (Wildman–Crippen LogP) is 2.51. The zero-order valence-corrected chi connectivity index (χ0v) is 17.2. The lowest BCUT2D eigenvalue weighted by Crippen LogP contribution is -2.30. The number of amides is 3. The molecule has 0 bridgehead atoms. The van der Waals surface area contributed by atoms with Crippen molar-refractivity contribution in [2.24, 2.45) is 0 Å². The Balaban J connectivity index is 1.96. The quantitative estimate of drug-likeness (QED) is 0.531. The topological polar surface area (TPSA) is 127 Å². The van der Waals surface area contributed by atoms with E-state index in [-0.39, 0.29) is 17.5 Å². The van der Waals surface area contributed by atoms with Gasteiger partial charge in [-0.25, -0.2) is 14.3 Å². The van der Waals surface area contributed by atoms with Gasteiger partial charge < -0.3 is 15.4 Å². The Morgan fingerprint density at radius 1 is 1.20 bits per heavy atom. The number of imide groups is 1. The van der Waals surface area contributed by atoms with E-state index in [1.54, 1.807) is 42.9 Å². The number of carbonyl (C=O) groups excluding carboxylic acids is 3. The number of alkyl carbamates (subject to hydrolysis) is 1. The number of rotatable bonds is 5. The van der Waals surface area contributed by atoms with E-state index in [4.69, 9.17) is 11.6 Å². The summed E-state index contributed by atoms with van der Waals surface area (Å²) in [5.41, 5.74) is 3.46. The van der Waals surface area contributed by atoms with Crippen LogP contribution in [0.1, 0.15) is 31.8 Å². The van der Waals surface area contributed by atoms with E-state index >= 15 is 0 Å². The Labute approximate surface area is 176 Å². The number of fused-ring (bicyclic) bond motifs is 1. The molecule has 0 aliphatic rings. The second kappa shape index (κ2) is 8.78. The number of alkyl halides is 1. The summed E-state index contributed by atoms with van der Waals surface area (Å²) < 4.78 is 6.06. The number of nitrogens with zero attached hydrogens (tertiary/aromatic N) is 3. The molecule has 0 unspecified atom stereocenters. The molecule has 0 radical (unpaired) electrons. The number of anilines is 2. The number of aromatic nitrogens is 3. The van der Waals surface area contributed by atoms with Crippen LogP contribution in [0.2, 0.25) is 0 Å². The lowest BCUT2D eigenvalue weighted by molar-refractivity contribution is 0.0930. The van der Waals surface area contributed by atoms with Crippen LogP contribution < -0.4 is 16.0 Å². The van der Waals surface area contributed by atoms with Gasteiger partial charge in [0.05, 0.1) is 5.56 Å². The van der Waals surface area contributed by atoms with Gasteiger partial charge >= 0.3 is 6.09 Å². The fourth-order valence-electron chi connectivity index (χ4n) is 2.89. The number of halogens is 1. The van der Waals surface area contributed by atoms with E-state index in [1.807, 2.05) is 6.92 Å². The maximum absolute atomic E-state index is 12.3. The summed E-state index contributed by atoms with van der Waals surface area (Å²) in [4.78, 5) is 40.1. The highest BCUT2D eigenvalue weighted by Gasteiger charge is 2.18. The van der Waals surface area contributed by atoms with Crippen LogP contribution in [-0.2, 0) is 4.74 Å². The molecule has 3 rings (SSSR count). The molecule has 3 aromatic rings. The first-order valence-electron chi connectivity index (χ1n) is 8.82. The van der Waals surface area contributed by atoms with Gasteiger partial charge in [0.2, 0.25) is 0 Å². The van der Waals surface area contributed by atoms with E-state index in [9.17, 15) is 14.4 Å². The minimum absolute atomic E-state index is 0.234. The molecule has 0 saturated carbocycles. The number of nitrogens with one attached hydrogen (secondary N) is 3. The van der Waals surface area contributed by atoms with Gasteiger partial charge in [-0.15, -0.1) is 0 Å². The van der Waals surface area contributed by atoms with Crippen LogP contribution in [0.4, 0.5) is 16.3 Å². The summed E-state index contributed by atoms with van der Waals surface area (Å²) in [5, 5.41) is 12.0. The SMILES string of the molecule is CNC(=O)c1cn2ncnc(Nc3cc(C(=O)NC(=O)OCCl)ccc3C)c2c1C. The molecule has 30 heavy (non-hydrogen) atoms. The molecule has 0 spiro atoms. The van der Waals surface area contributed by atoms with Crippen LogP contribution in [0.25, 0.3) is 5.52 Å². The molecule has 0 aliphatic carbocycles. The van der Waals surface area contributed by atoms with Gasteiger partial charge in [0.15, 0.2) is 11.9 Å². The van der Waals surface area contributed by atoms with Crippen molar-refractivity contribution in [1.29, 1.82) is 0 Å². The van der Waals surface area contributed by atoms with Crippen LogP contribution >= 0.6 is 11.6 Å². The molecule has 156 valence electrons. The van der Waals surface area contributed by atoms with Crippen LogP contribution in [-0.4, -0.2) is 45.6 Å². The highest BCUT2D eigenvalue weighted by Crippen LogP contribution is 2.27. The Morgan fingerprint density at radius 3 is 2.67 bits per heavy atom. The monoisotopic (exact) mass is 430 g/mol. The normalized spacial score (nSPS) is 10.5. The van der Waals surface area contributed by atoms with Crippen molar-refractivity contribution >= 4 is 46.5 Å². The van der Waals surface area contributed by atoms with Crippen molar-refractivity contribution in [2.45, 2.75) is 13.8 Å². The molecule has 0 atom stereocenters. The largest absolute Gasteiger partial charge is 0.433 e. The molecule has 2 aromatic heterocycles. The molecule has 1 aromatic carbocycles. The van der Waals surface area contributed by atoms with Crippen LogP contribution in [0.15, 0.2) is 30.7 Å². The number of aryl methyl sites for hydroxylation is 2. The zero-order chi connectivity index (χ0) is 21.8. The summed E-state index contributed by atoms with van der Waals surface area (Å²) in [6.07, 6.45) is 2.04. The summed E-state index contributed by atoms with van der Waals surface area (Å²) in [6.45, 7) is 3.65. The van der Waals surface area contributed by atoms with Gasteiger partial charge in [0, 0.05) is 24.5 Å². The molecule has 0 aliphatic heterocycles. The lowest BCUT2D eigenvalue weighted by Gasteiger charge is -2.12. The first kappa shape index (κ1) is 21.1. The first-order valence-corrected chi connectivity index (χ1v) is 9.36. The molecule has 3 amide bonds. The zero-order valence-electron chi connectivity index (χ0n) is 16.4. The van der Waals surface area contributed by atoms with Crippen LogP contribution in [0.5, 0.6) is 0 Å². The van der Waals surface area contributed by atoms with Gasteiger partial charge in [0.25, 0.3) is 11.8 Å². The third kappa shape index (κ3) is 4.18. The molecule has 0 saturated heterocycles. The van der Waals surface area contributed by atoms with Crippen LogP contribution in [0.3, 0.4) is 0 Å². The highest BCUT2D eigenvalue weighted by atomic mass is 35.5. The molecule has 3 N–H and O–H groups in total. The minimum Gasteiger partial charge on any atom is -0.433 e. The number of carbonyl (C=O) groups is 3. The summed E-state index contributed by atoms with van der Waals surface area (Å²) in [5.74, 6) is -0.413. The van der Waals surface area contributed by atoms with Crippen molar-refractivity contribution in [3.63, 3.8) is 0 Å². The number of ether oxygens (including phenoxy) is 1. The fraction of sp³-hybridized carbons (Fsp3) is 0.211. The number of hydrogen-bond donors (Lipinski definition) is 3. The molecule has 0 fully saturated rings. The van der Waals surface area contributed by atoms with Gasteiger partial charge in [-0.3, -0.25) is 14.9 Å². The standard InChI is InChI=1S/C19H19ClN6O4/c1-10-4-5-12(17(27)25-19(29)30-8-20)6-14(10)24-16-15-11(2)13(18(28)21-3)7-26(15)23-9-22-16/h4-7,9H,8H2,1-3H3,(H,21,28)(H,22,23,24)(H,25,27,29). The minimum atomic E-state index is -0.937. The first-order chi connectivity index (χ1) is 14.3. The average molecular weight is 431 g/mol. The van der Waals surface area contributed by atoms with E-state index in [2.05, 4.69) is 30.8 Å². The van der Waals surface area contributed by atoms with Gasteiger partial charge in [-0.1, -0.05) is 17.7 Å². The molecule has 10 nitrogen and oxygen atoms in total. The lowest BCUT2D eigenvalue weighted by atomic mass is 10.1. The Bertz CT molecular complexity index is 1140. The van der Waals surface area contributed by atoms with E-state index in [1.165, 1.54) is 6.33 Å². The Morgan fingerprint density at radius 2 is 1.97 bits per heavy atom. The van der Waals surface area contributed by atoms with Crippen molar-refractivity contribution in [3.8, 4) is 0 Å². The predicted molar refractivity (Wildman–Crippen MR) is 110 cm³/mol. The molecular weight excluding hydrogens is 412 g/mol. The third-order valence-corrected chi connectivity index (χ3v) is 4.56. The summed E-state index contributed by atoms with van der Waals surface area (Å²) in [6, 6.07) is 4.52. The van der Waals surface area contributed by atoms with Gasteiger partial charge in [-0.2, -0.15) is 5.10 Å². The van der Waals surface area contributed by atoms with E-state index in [0.29, 0.717) is 28.1 Å². The second-order valence-corrected chi connectivity index (χ2v) is 6.52. The third-order valence-electron chi connectivity index (χ3n) is 4.45. The fourth-order valence-corrected chi connectivity index (χ4v) is 2.99. The van der Waals surface area contributed by atoms with Gasteiger partial charge in [0.1, 0.15) is 11.8 Å². The maximum Gasteiger partial charge on any atom is 0.415 e. The van der Waals surface area contributed by atoms with Crippen LogP contribution in [0, 0.1) is 13.8 Å². The van der Waals surface area contributed by atoms with Crippen molar-refractivity contribution in [3.05, 3.63) is 53.0 Å². The highest BCUT2D eigenvalue weighted by molar-refractivity contribution is 6.17. The second-order valence-electron chi connectivity index (χ2n) is 6.30. The number of benzene rings is 1.